The van der Waals surface area contributed by atoms with Gasteiger partial charge in [0.2, 0.25) is 0 Å². The van der Waals surface area contributed by atoms with Crippen molar-refractivity contribution in [3.05, 3.63) is 58.9 Å². The fourth-order valence-corrected chi connectivity index (χ4v) is 1.90. The van der Waals surface area contributed by atoms with Crippen LogP contribution in [0.1, 0.15) is 15.9 Å². The Morgan fingerprint density at radius 2 is 1.70 bits per heavy atom. The maximum Gasteiger partial charge on any atom is 0.256 e. The highest BCUT2D eigenvalue weighted by Gasteiger charge is 2.16. The predicted octanol–water partition coefficient (Wildman–Crippen LogP) is 3.95. The van der Waals surface area contributed by atoms with E-state index in [-0.39, 0.29) is 5.56 Å². The van der Waals surface area contributed by atoms with Crippen LogP contribution < -0.4 is 5.32 Å². The van der Waals surface area contributed by atoms with Gasteiger partial charge in [0.25, 0.3) is 5.91 Å². The number of hydrogen-bond acceptors (Lipinski definition) is 2. The van der Waals surface area contributed by atoms with Gasteiger partial charge in [-0.3, -0.25) is 4.79 Å². The van der Waals surface area contributed by atoms with Crippen LogP contribution in [0.4, 0.5) is 18.9 Å². The van der Waals surface area contributed by atoms with Crippen LogP contribution in [0.3, 0.4) is 0 Å². The van der Waals surface area contributed by atoms with E-state index in [0.717, 1.165) is 0 Å². The van der Waals surface area contributed by atoms with Gasteiger partial charge in [0.1, 0.15) is 11.5 Å². The molecule has 0 radical (unpaired) electrons. The summed E-state index contributed by atoms with van der Waals surface area (Å²) < 4.78 is 39.7. The van der Waals surface area contributed by atoms with Crippen molar-refractivity contribution in [3.63, 3.8) is 0 Å². The van der Waals surface area contributed by atoms with Crippen LogP contribution in [-0.4, -0.2) is 5.91 Å². The summed E-state index contributed by atoms with van der Waals surface area (Å²) in [5.41, 5.74) is 0.184. The number of nitrogens with one attached hydrogen (secondary N) is 1. The van der Waals surface area contributed by atoms with Crippen LogP contribution in [0, 0.1) is 24.4 Å². The molecule has 0 saturated carbocycles. The second-order valence-corrected chi connectivity index (χ2v) is 4.71. The van der Waals surface area contributed by atoms with E-state index in [9.17, 15) is 18.0 Å². The molecule has 0 atom stereocenters. The number of hydrogen-bond donors (Lipinski definition) is 2. The zero-order chi connectivity index (χ0) is 14.9. The lowest BCUT2D eigenvalue weighted by atomic mass is 10.1. The fourth-order valence-electron chi connectivity index (χ4n) is 1.70. The molecular formula is C14H10F3NOS. The lowest BCUT2D eigenvalue weighted by Gasteiger charge is -2.10. The van der Waals surface area contributed by atoms with E-state index in [2.05, 4.69) is 17.9 Å². The quantitative estimate of drug-likeness (QED) is 0.807. The van der Waals surface area contributed by atoms with Gasteiger partial charge in [-0.2, -0.15) is 0 Å². The summed E-state index contributed by atoms with van der Waals surface area (Å²) in [5.74, 6) is -4.08. The minimum atomic E-state index is -1.17. The lowest BCUT2D eigenvalue weighted by Crippen LogP contribution is -2.15. The van der Waals surface area contributed by atoms with Crippen LogP contribution >= 0.6 is 12.6 Å². The molecule has 0 aliphatic rings. The van der Waals surface area contributed by atoms with Gasteiger partial charge in [-0.15, -0.1) is 12.6 Å². The van der Waals surface area contributed by atoms with Crippen molar-refractivity contribution < 1.29 is 18.0 Å². The molecule has 0 aromatic heterocycles. The molecule has 20 heavy (non-hydrogen) atoms. The summed E-state index contributed by atoms with van der Waals surface area (Å²) in [7, 11) is 0. The van der Waals surface area contributed by atoms with Crippen LogP contribution in [0.15, 0.2) is 35.2 Å². The van der Waals surface area contributed by atoms with Gasteiger partial charge in [-0.05, 0) is 24.6 Å². The number of halogens is 3. The molecule has 2 nitrogen and oxygen atoms in total. The number of rotatable bonds is 2. The predicted molar refractivity (Wildman–Crippen MR) is 72.7 cm³/mol. The van der Waals surface area contributed by atoms with Gasteiger partial charge < -0.3 is 5.32 Å². The van der Waals surface area contributed by atoms with Crippen LogP contribution in [-0.2, 0) is 0 Å². The molecular weight excluding hydrogens is 287 g/mol. The first-order valence-electron chi connectivity index (χ1n) is 5.64. The van der Waals surface area contributed by atoms with E-state index < -0.39 is 29.0 Å². The highest BCUT2D eigenvalue weighted by atomic mass is 32.1. The summed E-state index contributed by atoms with van der Waals surface area (Å²) >= 11 is 4.10. The first kappa shape index (κ1) is 14.5. The maximum absolute atomic E-state index is 13.5. The molecule has 0 bridgehead atoms. The van der Waals surface area contributed by atoms with Crippen molar-refractivity contribution in [1.82, 2.24) is 0 Å². The maximum atomic E-state index is 13.5. The smallest absolute Gasteiger partial charge is 0.256 e. The van der Waals surface area contributed by atoms with E-state index in [4.69, 9.17) is 0 Å². The third kappa shape index (κ3) is 2.96. The molecule has 2 rings (SSSR count). The van der Waals surface area contributed by atoms with Gasteiger partial charge in [0.15, 0.2) is 11.6 Å². The molecule has 0 spiro atoms. The minimum Gasteiger partial charge on any atom is -0.317 e. The standard InChI is InChI=1S/C14H10F3NOS/c1-7-2-3-9(20)6-10(7)14(19)18-13-11(16)4-8(15)5-12(13)17/h2-6,20H,1H3,(H,18,19). The summed E-state index contributed by atoms with van der Waals surface area (Å²) in [4.78, 5) is 12.5. The fraction of sp³-hybridized carbons (Fsp3) is 0.0714. The van der Waals surface area contributed by atoms with Crippen molar-refractivity contribution in [3.8, 4) is 0 Å². The highest BCUT2D eigenvalue weighted by molar-refractivity contribution is 7.80. The number of amides is 1. The average Bonchev–Trinajstić information content (AvgIpc) is 2.36. The SMILES string of the molecule is Cc1ccc(S)cc1C(=O)Nc1c(F)cc(F)cc1F. The molecule has 2 aromatic rings. The van der Waals surface area contributed by atoms with Crippen LogP contribution in [0.5, 0.6) is 0 Å². The lowest BCUT2D eigenvalue weighted by molar-refractivity contribution is 0.102. The Labute approximate surface area is 119 Å². The Hall–Kier alpha value is -1.95. The summed E-state index contributed by atoms with van der Waals surface area (Å²) in [6.07, 6.45) is 0. The van der Waals surface area contributed by atoms with E-state index in [0.29, 0.717) is 22.6 Å². The monoisotopic (exact) mass is 297 g/mol. The number of aryl methyl sites for hydroxylation is 1. The number of benzene rings is 2. The molecule has 2 aromatic carbocycles. The molecule has 0 aliphatic carbocycles. The normalized spacial score (nSPS) is 10.4. The number of thiol groups is 1. The Morgan fingerprint density at radius 3 is 2.30 bits per heavy atom. The molecule has 0 aliphatic heterocycles. The summed E-state index contributed by atoms with van der Waals surface area (Å²) in [6, 6.07) is 5.83. The molecule has 6 heteroatoms. The van der Waals surface area contributed by atoms with E-state index >= 15 is 0 Å². The third-order valence-electron chi connectivity index (χ3n) is 2.71. The number of carbonyl (C=O) groups excluding carboxylic acids is 1. The number of carbonyl (C=O) groups is 1. The van der Waals surface area contributed by atoms with Gasteiger partial charge in [0, 0.05) is 22.6 Å². The van der Waals surface area contributed by atoms with Gasteiger partial charge in [-0.1, -0.05) is 6.07 Å². The van der Waals surface area contributed by atoms with E-state index in [1.807, 2.05) is 0 Å². The zero-order valence-corrected chi connectivity index (χ0v) is 11.3. The largest absolute Gasteiger partial charge is 0.317 e. The van der Waals surface area contributed by atoms with E-state index in [1.165, 1.54) is 6.07 Å². The molecule has 0 heterocycles. The average molecular weight is 297 g/mol. The summed E-state index contributed by atoms with van der Waals surface area (Å²) in [5, 5.41) is 2.10. The van der Waals surface area contributed by atoms with Crippen LogP contribution in [0.2, 0.25) is 0 Å². The Bertz CT molecular complexity index is 665. The molecule has 104 valence electrons. The van der Waals surface area contributed by atoms with Crippen LogP contribution in [0.25, 0.3) is 0 Å². The van der Waals surface area contributed by atoms with Crippen molar-refractivity contribution in [2.45, 2.75) is 11.8 Å². The molecule has 0 fully saturated rings. The molecule has 1 amide bonds. The van der Waals surface area contributed by atoms with Crippen molar-refractivity contribution in [2.24, 2.45) is 0 Å². The highest BCUT2D eigenvalue weighted by Crippen LogP contribution is 2.22. The Balaban J connectivity index is 2.35. The minimum absolute atomic E-state index is 0.237. The van der Waals surface area contributed by atoms with Gasteiger partial charge in [-0.25, -0.2) is 13.2 Å². The van der Waals surface area contributed by atoms with Gasteiger partial charge >= 0.3 is 0 Å². The third-order valence-corrected chi connectivity index (χ3v) is 2.99. The molecule has 1 N–H and O–H groups in total. The van der Waals surface area contributed by atoms with Crippen molar-refractivity contribution >= 4 is 24.2 Å². The molecule has 0 saturated heterocycles. The number of anilines is 1. The molecule has 0 unspecified atom stereocenters. The van der Waals surface area contributed by atoms with Crippen molar-refractivity contribution in [2.75, 3.05) is 5.32 Å². The zero-order valence-electron chi connectivity index (χ0n) is 10.4. The Kier molecular flexibility index (Phi) is 4.04. The summed E-state index contributed by atoms with van der Waals surface area (Å²) in [6.45, 7) is 1.68. The second-order valence-electron chi connectivity index (χ2n) is 4.20. The van der Waals surface area contributed by atoms with Gasteiger partial charge in [0.05, 0.1) is 0 Å². The topological polar surface area (TPSA) is 29.1 Å². The Morgan fingerprint density at radius 1 is 1.10 bits per heavy atom. The van der Waals surface area contributed by atoms with E-state index in [1.54, 1.807) is 19.1 Å². The first-order chi connectivity index (χ1) is 9.38. The van der Waals surface area contributed by atoms with Crippen molar-refractivity contribution in [1.29, 1.82) is 0 Å². The first-order valence-corrected chi connectivity index (χ1v) is 6.08. The second kappa shape index (κ2) is 5.58.